The molecule has 0 aliphatic rings. The van der Waals surface area contributed by atoms with Gasteiger partial charge in [0.2, 0.25) is 0 Å². The Morgan fingerprint density at radius 2 is 1.82 bits per heavy atom. The molecule has 0 saturated carbocycles. The highest BCUT2D eigenvalue weighted by Crippen LogP contribution is 2.30. The Balaban J connectivity index is 1.92. The second kappa shape index (κ2) is 7.23. The summed E-state index contributed by atoms with van der Waals surface area (Å²) >= 11 is 5.99. The Bertz CT molecular complexity index is 1230. The molecule has 0 aliphatic carbocycles. The third-order valence-electron chi connectivity index (χ3n) is 5.03. The number of aromatic nitrogens is 2. The van der Waals surface area contributed by atoms with Crippen LogP contribution in [0.3, 0.4) is 0 Å². The summed E-state index contributed by atoms with van der Waals surface area (Å²) in [5, 5.41) is 1.61. The summed E-state index contributed by atoms with van der Waals surface area (Å²) in [5.74, 6) is 0. The number of fused-ring (bicyclic) bond motifs is 1. The first kappa shape index (κ1) is 18.4. The van der Waals surface area contributed by atoms with Crippen LogP contribution in [0.25, 0.3) is 22.0 Å². The molecule has 0 radical (unpaired) electrons. The lowest BCUT2D eigenvalue weighted by molar-refractivity contribution is 0.827. The van der Waals surface area contributed by atoms with E-state index in [0.717, 1.165) is 38.9 Å². The second-order valence-electron chi connectivity index (χ2n) is 6.98. The van der Waals surface area contributed by atoms with Crippen LogP contribution in [0.15, 0.2) is 71.7 Å². The van der Waals surface area contributed by atoms with Gasteiger partial charge in [-0.25, -0.2) is 0 Å². The minimum absolute atomic E-state index is 0.0689. The largest absolute Gasteiger partial charge is 0.319 e. The Morgan fingerprint density at radius 1 is 1.07 bits per heavy atom. The molecule has 140 valence electrons. The maximum atomic E-state index is 12.5. The molecule has 2 aromatic carbocycles. The maximum Gasteiger partial charge on any atom is 0.251 e. The fraction of sp³-hybridized carbons (Fsp3) is 0.130. The van der Waals surface area contributed by atoms with E-state index in [-0.39, 0.29) is 11.6 Å². The quantitative estimate of drug-likeness (QED) is 0.556. The van der Waals surface area contributed by atoms with Gasteiger partial charge in [-0.15, -0.1) is 0 Å². The van der Waals surface area contributed by atoms with Crippen molar-refractivity contribution in [2.75, 3.05) is 0 Å². The molecule has 1 unspecified atom stereocenters. The van der Waals surface area contributed by atoms with Gasteiger partial charge in [0.25, 0.3) is 5.56 Å². The average Bonchev–Trinajstić information content (AvgIpc) is 2.70. The predicted octanol–water partition coefficient (Wildman–Crippen LogP) is 4.61. The van der Waals surface area contributed by atoms with Gasteiger partial charge in [0.1, 0.15) is 0 Å². The van der Waals surface area contributed by atoms with Crippen molar-refractivity contribution < 1.29 is 0 Å². The molecule has 1 atom stereocenters. The zero-order chi connectivity index (χ0) is 19.8. The van der Waals surface area contributed by atoms with Crippen LogP contribution >= 0.6 is 11.6 Å². The lowest BCUT2D eigenvalue weighted by Crippen LogP contribution is -2.18. The Labute approximate surface area is 168 Å². The minimum atomic E-state index is -0.385. The molecule has 2 heterocycles. The first-order valence-electron chi connectivity index (χ1n) is 9.02. The molecule has 4 nitrogen and oxygen atoms in total. The van der Waals surface area contributed by atoms with Crippen molar-refractivity contribution in [2.45, 2.75) is 13.0 Å². The highest BCUT2D eigenvalue weighted by atomic mass is 35.5. The molecule has 0 spiro atoms. The Hall–Kier alpha value is -2.95. The molecule has 0 saturated heterocycles. The van der Waals surface area contributed by atoms with Crippen LogP contribution in [-0.2, 0) is 7.05 Å². The standard InChI is InChI=1S/C23H20ClN3O/c1-14-4-3-5-16(10-14)18-12-22(28)27(2)21-13-26-20(11-19(18)21)23(25)15-6-8-17(24)9-7-15/h3-13,23H,25H2,1-2H3. The normalized spacial score (nSPS) is 12.3. The first-order chi connectivity index (χ1) is 13.4. The lowest BCUT2D eigenvalue weighted by Gasteiger charge is -2.15. The van der Waals surface area contributed by atoms with E-state index in [4.69, 9.17) is 17.3 Å². The molecule has 0 bridgehead atoms. The van der Waals surface area contributed by atoms with E-state index in [0.29, 0.717) is 5.02 Å². The smallest absolute Gasteiger partial charge is 0.251 e. The highest BCUT2D eigenvalue weighted by molar-refractivity contribution is 6.30. The molecule has 4 rings (SSSR count). The van der Waals surface area contributed by atoms with Crippen LogP contribution in [0, 0.1) is 6.92 Å². The number of benzene rings is 2. The van der Waals surface area contributed by atoms with Crippen LogP contribution in [-0.4, -0.2) is 9.55 Å². The number of hydrogen-bond donors (Lipinski definition) is 1. The molecule has 2 N–H and O–H groups in total. The fourth-order valence-corrected chi connectivity index (χ4v) is 3.55. The Morgan fingerprint density at radius 3 is 2.54 bits per heavy atom. The second-order valence-corrected chi connectivity index (χ2v) is 7.42. The SMILES string of the molecule is Cc1cccc(-c2cc(=O)n(C)c3cnc(C(N)c4ccc(Cl)cc4)cc23)c1. The molecule has 4 aromatic rings. The zero-order valence-electron chi connectivity index (χ0n) is 15.7. The average molecular weight is 390 g/mol. The summed E-state index contributed by atoms with van der Waals surface area (Å²) in [6, 6.07) is 18.8. The molecule has 5 heteroatoms. The van der Waals surface area contributed by atoms with E-state index in [2.05, 4.69) is 11.1 Å². The van der Waals surface area contributed by atoms with Gasteiger partial charge < -0.3 is 10.3 Å². The van der Waals surface area contributed by atoms with E-state index in [9.17, 15) is 4.79 Å². The summed E-state index contributed by atoms with van der Waals surface area (Å²) in [7, 11) is 1.76. The summed E-state index contributed by atoms with van der Waals surface area (Å²) < 4.78 is 1.61. The summed E-state index contributed by atoms with van der Waals surface area (Å²) in [6.07, 6.45) is 1.72. The molecule has 0 amide bonds. The number of rotatable bonds is 3. The molecule has 28 heavy (non-hydrogen) atoms. The predicted molar refractivity (Wildman–Crippen MR) is 115 cm³/mol. The number of halogens is 1. The topological polar surface area (TPSA) is 60.9 Å². The van der Waals surface area contributed by atoms with Crippen LogP contribution in [0.1, 0.15) is 22.9 Å². The van der Waals surface area contributed by atoms with Gasteiger partial charge in [-0.3, -0.25) is 9.78 Å². The third kappa shape index (κ3) is 3.33. The van der Waals surface area contributed by atoms with Gasteiger partial charge in [-0.1, -0.05) is 53.6 Å². The number of nitrogens with two attached hydrogens (primary N) is 1. The number of hydrogen-bond acceptors (Lipinski definition) is 3. The monoisotopic (exact) mass is 389 g/mol. The van der Waals surface area contributed by atoms with Gasteiger partial charge in [-0.05, 0) is 41.8 Å². The van der Waals surface area contributed by atoms with Crippen LogP contribution < -0.4 is 11.3 Å². The van der Waals surface area contributed by atoms with Gasteiger partial charge in [0, 0.05) is 23.5 Å². The van der Waals surface area contributed by atoms with Crippen molar-refractivity contribution >= 4 is 22.5 Å². The number of pyridine rings is 2. The minimum Gasteiger partial charge on any atom is -0.319 e. The third-order valence-corrected chi connectivity index (χ3v) is 5.28. The van der Waals surface area contributed by atoms with Gasteiger partial charge >= 0.3 is 0 Å². The van der Waals surface area contributed by atoms with Crippen molar-refractivity contribution in [2.24, 2.45) is 12.8 Å². The van der Waals surface area contributed by atoms with E-state index >= 15 is 0 Å². The number of nitrogens with zero attached hydrogens (tertiary/aromatic N) is 2. The summed E-state index contributed by atoms with van der Waals surface area (Å²) in [4.78, 5) is 17.0. The van der Waals surface area contributed by atoms with E-state index in [1.807, 2.05) is 55.5 Å². The van der Waals surface area contributed by atoms with Crippen molar-refractivity contribution in [1.82, 2.24) is 9.55 Å². The van der Waals surface area contributed by atoms with E-state index < -0.39 is 0 Å². The molecular formula is C23H20ClN3O. The maximum absolute atomic E-state index is 12.5. The fourth-order valence-electron chi connectivity index (χ4n) is 3.43. The van der Waals surface area contributed by atoms with Crippen molar-refractivity contribution in [3.63, 3.8) is 0 Å². The Kier molecular flexibility index (Phi) is 4.75. The van der Waals surface area contributed by atoms with Crippen molar-refractivity contribution in [1.29, 1.82) is 0 Å². The van der Waals surface area contributed by atoms with Crippen LogP contribution in [0.4, 0.5) is 0 Å². The lowest BCUT2D eigenvalue weighted by atomic mass is 9.97. The van der Waals surface area contributed by atoms with E-state index in [1.165, 1.54) is 0 Å². The number of aryl methyl sites for hydroxylation is 2. The van der Waals surface area contributed by atoms with Gasteiger partial charge in [0.15, 0.2) is 0 Å². The highest BCUT2D eigenvalue weighted by Gasteiger charge is 2.15. The molecular weight excluding hydrogens is 370 g/mol. The van der Waals surface area contributed by atoms with Crippen LogP contribution in [0.5, 0.6) is 0 Å². The zero-order valence-corrected chi connectivity index (χ0v) is 16.4. The molecule has 0 fully saturated rings. The molecule has 2 aromatic heterocycles. The van der Waals surface area contributed by atoms with Crippen LogP contribution in [0.2, 0.25) is 5.02 Å². The summed E-state index contributed by atoms with van der Waals surface area (Å²) in [6.45, 7) is 2.04. The molecule has 0 aliphatic heterocycles. The van der Waals surface area contributed by atoms with Crippen molar-refractivity contribution in [3.05, 3.63) is 99.1 Å². The summed E-state index contributed by atoms with van der Waals surface area (Å²) in [5.41, 5.74) is 11.9. The van der Waals surface area contributed by atoms with E-state index in [1.54, 1.807) is 23.9 Å². The first-order valence-corrected chi connectivity index (χ1v) is 9.39. The van der Waals surface area contributed by atoms with Gasteiger partial charge in [-0.2, -0.15) is 0 Å². The van der Waals surface area contributed by atoms with Gasteiger partial charge in [0.05, 0.1) is 23.4 Å². The van der Waals surface area contributed by atoms with Crippen molar-refractivity contribution in [3.8, 4) is 11.1 Å².